The third kappa shape index (κ3) is 4.76. The highest BCUT2D eigenvalue weighted by molar-refractivity contribution is 6.03. The van der Waals surface area contributed by atoms with Crippen molar-refractivity contribution in [2.24, 2.45) is 0 Å². The van der Waals surface area contributed by atoms with Crippen LogP contribution in [-0.4, -0.2) is 41.8 Å². The number of esters is 1. The Balaban J connectivity index is 2.03. The number of amides is 1. The summed E-state index contributed by atoms with van der Waals surface area (Å²) in [5.74, 6) is -0.0129. The Morgan fingerprint density at radius 1 is 1.00 bits per heavy atom. The Hall–Kier alpha value is -2.96. The Bertz CT molecular complexity index is 710. The summed E-state index contributed by atoms with van der Waals surface area (Å²) < 4.78 is 4.92. The number of ether oxygens (including phenoxy) is 1. The number of hydrogen-bond donors (Lipinski definition) is 1. The number of anilines is 2. The van der Waals surface area contributed by atoms with E-state index in [4.69, 9.17) is 4.74 Å². The van der Waals surface area contributed by atoms with E-state index in [1.165, 1.54) is 0 Å². The van der Waals surface area contributed by atoms with Gasteiger partial charge in [-0.3, -0.25) is 4.79 Å². The quantitative estimate of drug-likeness (QED) is 0.779. The number of carbonyl (C=O) groups excluding carboxylic acids is 2. The third-order valence-electron chi connectivity index (χ3n) is 3.62. The van der Waals surface area contributed by atoms with Crippen molar-refractivity contribution >= 4 is 23.4 Å². The molecule has 0 saturated heterocycles. The first-order valence-corrected chi connectivity index (χ1v) is 8.26. The zero-order chi connectivity index (χ0) is 18.2. The largest absolute Gasteiger partial charge is 0.462 e. The van der Waals surface area contributed by atoms with Crippen LogP contribution in [0.1, 0.15) is 41.6 Å². The number of rotatable bonds is 7. The van der Waals surface area contributed by atoms with Crippen LogP contribution >= 0.6 is 0 Å². The molecule has 0 unspecified atom stereocenters. The fourth-order valence-corrected chi connectivity index (χ4v) is 2.26. The van der Waals surface area contributed by atoms with Crippen molar-refractivity contribution in [3.8, 4) is 0 Å². The zero-order valence-electron chi connectivity index (χ0n) is 14.7. The predicted molar refractivity (Wildman–Crippen MR) is 95.9 cm³/mol. The molecule has 25 heavy (non-hydrogen) atoms. The first-order chi connectivity index (χ1) is 12.1. The molecular formula is C18H22N4O3. The number of benzene rings is 1. The molecule has 0 radical (unpaired) electrons. The summed E-state index contributed by atoms with van der Waals surface area (Å²) >= 11 is 0. The first kappa shape index (κ1) is 18.4. The fourth-order valence-electron chi connectivity index (χ4n) is 2.26. The molecule has 2 aromatic rings. The van der Waals surface area contributed by atoms with E-state index in [0.29, 0.717) is 17.9 Å². The van der Waals surface area contributed by atoms with Crippen molar-refractivity contribution in [1.82, 2.24) is 10.2 Å². The highest BCUT2D eigenvalue weighted by Crippen LogP contribution is 2.13. The van der Waals surface area contributed by atoms with Gasteiger partial charge < -0.3 is 15.0 Å². The summed E-state index contributed by atoms with van der Waals surface area (Å²) in [5.41, 5.74) is 1.22. The molecule has 1 amide bonds. The number of hydrogen-bond acceptors (Lipinski definition) is 6. The third-order valence-corrected chi connectivity index (χ3v) is 3.62. The lowest BCUT2D eigenvalue weighted by atomic mass is 10.2. The second-order valence-electron chi connectivity index (χ2n) is 5.20. The van der Waals surface area contributed by atoms with E-state index < -0.39 is 5.97 Å². The lowest BCUT2D eigenvalue weighted by molar-refractivity contribution is 0.0526. The number of aromatic nitrogens is 2. The maximum absolute atomic E-state index is 12.2. The lowest BCUT2D eigenvalue weighted by Crippen LogP contribution is -2.24. The summed E-state index contributed by atoms with van der Waals surface area (Å²) in [6, 6.07) is 9.90. The van der Waals surface area contributed by atoms with Gasteiger partial charge in [-0.25, -0.2) is 4.79 Å². The second-order valence-corrected chi connectivity index (χ2v) is 5.20. The predicted octanol–water partition coefficient (Wildman–Crippen LogP) is 2.75. The van der Waals surface area contributed by atoms with Gasteiger partial charge in [-0.2, -0.15) is 0 Å². The molecule has 1 N–H and O–H groups in total. The van der Waals surface area contributed by atoms with Crippen molar-refractivity contribution in [3.63, 3.8) is 0 Å². The molecule has 0 aliphatic heterocycles. The smallest absolute Gasteiger partial charge is 0.338 e. The van der Waals surface area contributed by atoms with Crippen LogP contribution in [0.2, 0.25) is 0 Å². The number of nitrogens with one attached hydrogen (secondary N) is 1. The Kier molecular flexibility index (Phi) is 6.45. The van der Waals surface area contributed by atoms with Crippen molar-refractivity contribution < 1.29 is 14.3 Å². The van der Waals surface area contributed by atoms with E-state index in [1.807, 2.05) is 18.7 Å². The SMILES string of the molecule is CCOC(=O)c1ccc(NC(=O)c2ccc(N(CC)CC)nn2)cc1. The molecule has 0 aliphatic rings. The van der Waals surface area contributed by atoms with E-state index in [1.54, 1.807) is 43.3 Å². The molecule has 1 aromatic heterocycles. The second kappa shape index (κ2) is 8.77. The van der Waals surface area contributed by atoms with Crippen LogP contribution in [0.25, 0.3) is 0 Å². The van der Waals surface area contributed by atoms with Gasteiger partial charge in [0.2, 0.25) is 0 Å². The van der Waals surface area contributed by atoms with E-state index in [-0.39, 0.29) is 11.6 Å². The molecule has 7 heteroatoms. The minimum atomic E-state index is -0.391. The minimum Gasteiger partial charge on any atom is -0.462 e. The van der Waals surface area contributed by atoms with Crippen LogP contribution in [0.3, 0.4) is 0 Å². The topological polar surface area (TPSA) is 84.4 Å². The van der Waals surface area contributed by atoms with E-state index in [0.717, 1.165) is 18.9 Å². The molecule has 0 saturated carbocycles. The van der Waals surface area contributed by atoms with Crippen LogP contribution in [0.4, 0.5) is 11.5 Å². The standard InChI is InChI=1S/C18H22N4O3/c1-4-22(5-2)16-12-11-15(20-21-16)17(23)19-14-9-7-13(8-10-14)18(24)25-6-3/h7-12H,4-6H2,1-3H3,(H,19,23). The first-order valence-electron chi connectivity index (χ1n) is 8.26. The maximum atomic E-state index is 12.2. The van der Waals surface area contributed by atoms with Gasteiger partial charge in [0.1, 0.15) is 0 Å². The lowest BCUT2D eigenvalue weighted by Gasteiger charge is -2.18. The highest BCUT2D eigenvalue weighted by Gasteiger charge is 2.11. The summed E-state index contributed by atoms with van der Waals surface area (Å²) in [4.78, 5) is 25.9. The number of nitrogens with zero attached hydrogens (tertiary/aromatic N) is 3. The zero-order valence-corrected chi connectivity index (χ0v) is 14.7. The van der Waals surface area contributed by atoms with Crippen LogP contribution in [-0.2, 0) is 4.74 Å². The van der Waals surface area contributed by atoms with Gasteiger partial charge >= 0.3 is 5.97 Å². The average molecular weight is 342 g/mol. The van der Waals surface area contributed by atoms with Crippen LogP contribution in [0.5, 0.6) is 0 Å². The maximum Gasteiger partial charge on any atom is 0.338 e. The van der Waals surface area contributed by atoms with Gasteiger partial charge in [-0.05, 0) is 57.2 Å². The molecule has 0 fully saturated rings. The van der Waals surface area contributed by atoms with E-state index >= 15 is 0 Å². The summed E-state index contributed by atoms with van der Waals surface area (Å²) in [6.07, 6.45) is 0. The summed E-state index contributed by atoms with van der Waals surface area (Å²) in [5, 5.41) is 10.8. The fraction of sp³-hybridized carbons (Fsp3) is 0.333. The van der Waals surface area contributed by atoms with Crippen LogP contribution < -0.4 is 10.2 Å². The van der Waals surface area contributed by atoms with Crippen molar-refractivity contribution in [3.05, 3.63) is 47.7 Å². The monoisotopic (exact) mass is 342 g/mol. The molecule has 0 spiro atoms. The molecule has 0 bridgehead atoms. The van der Waals surface area contributed by atoms with Gasteiger partial charge in [0.15, 0.2) is 11.5 Å². The van der Waals surface area contributed by atoms with Crippen molar-refractivity contribution in [1.29, 1.82) is 0 Å². The molecule has 132 valence electrons. The van der Waals surface area contributed by atoms with Gasteiger partial charge in [0.05, 0.1) is 12.2 Å². The Labute approximate surface area is 147 Å². The van der Waals surface area contributed by atoms with Gasteiger partial charge in [0, 0.05) is 18.8 Å². The van der Waals surface area contributed by atoms with Crippen LogP contribution in [0, 0.1) is 0 Å². The van der Waals surface area contributed by atoms with Gasteiger partial charge in [-0.15, -0.1) is 10.2 Å². The summed E-state index contributed by atoms with van der Waals surface area (Å²) in [6.45, 7) is 7.78. The van der Waals surface area contributed by atoms with Crippen molar-refractivity contribution in [2.45, 2.75) is 20.8 Å². The van der Waals surface area contributed by atoms with Crippen LogP contribution in [0.15, 0.2) is 36.4 Å². The molecular weight excluding hydrogens is 320 g/mol. The van der Waals surface area contributed by atoms with E-state index in [9.17, 15) is 9.59 Å². The normalized spacial score (nSPS) is 10.2. The molecule has 2 rings (SSSR count). The molecule has 7 nitrogen and oxygen atoms in total. The van der Waals surface area contributed by atoms with Gasteiger partial charge in [-0.1, -0.05) is 0 Å². The van der Waals surface area contributed by atoms with E-state index in [2.05, 4.69) is 15.5 Å². The minimum absolute atomic E-state index is 0.227. The molecule has 1 aromatic carbocycles. The Morgan fingerprint density at radius 2 is 1.68 bits per heavy atom. The number of carbonyl (C=O) groups is 2. The Morgan fingerprint density at radius 3 is 2.20 bits per heavy atom. The average Bonchev–Trinajstić information content (AvgIpc) is 2.64. The molecule has 0 aliphatic carbocycles. The van der Waals surface area contributed by atoms with Gasteiger partial charge in [0.25, 0.3) is 5.91 Å². The van der Waals surface area contributed by atoms with Crippen molar-refractivity contribution in [2.75, 3.05) is 29.9 Å². The molecule has 1 heterocycles. The summed E-state index contributed by atoms with van der Waals surface area (Å²) in [7, 11) is 0. The molecule has 0 atom stereocenters. The highest BCUT2D eigenvalue weighted by atomic mass is 16.5.